The highest BCUT2D eigenvalue weighted by Crippen LogP contribution is 2.17. The molecule has 6 nitrogen and oxygen atoms in total. The highest BCUT2D eigenvalue weighted by Gasteiger charge is 2.20. The molecule has 0 bridgehead atoms. The summed E-state index contributed by atoms with van der Waals surface area (Å²) in [6.45, 7) is 12.2. The van der Waals surface area contributed by atoms with E-state index in [1.165, 1.54) is 12.2 Å². The molecule has 0 saturated heterocycles. The SMILES string of the molecule is C=C(C)N=C/C=C(C)/C(/C=C(\C)CNC1=CC=C(S(=O)(=O)CC(=O)O)C=CC1)=C/C. The molecule has 0 radical (unpaired) electrons. The Morgan fingerprint density at radius 2 is 2.00 bits per heavy atom. The first kappa shape index (κ1) is 25.1. The molecule has 7 heteroatoms. The summed E-state index contributed by atoms with van der Waals surface area (Å²) in [5, 5.41) is 12.1. The van der Waals surface area contributed by atoms with E-state index in [0.717, 1.165) is 28.1 Å². The number of allylic oxidation sites excluding steroid dienone is 10. The number of carbonyl (C=O) groups is 1. The summed E-state index contributed by atoms with van der Waals surface area (Å²) in [5.41, 5.74) is 4.86. The van der Waals surface area contributed by atoms with Gasteiger partial charge in [0.15, 0.2) is 15.6 Å². The van der Waals surface area contributed by atoms with Gasteiger partial charge < -0.3 is 10.4 Å². The van der Waals surface area contributed by atoms with Crippen molar-refractivity contribution in [3.05, 3.63) is 82.1 Å². The third-order valence-electron chi connectivity index (χ3n) is 4.12. The molecule has 0 fully saturated rings. The summed E-state index contributed by atoms with van der Waals surface area (Å²) >= 11 is 0. The van der Waals surface area contributed by atoms with E-state index >= 15 is 0 Å². The molecule has 162 valence electrons. The molecule has 0 aromatic carbocycles. The van der Waals surface area contributed by atoms with Crippen LogP contribution in [0, 0.1) is 0 Å². The molecule has 1 aliphatic rings. The zero-order valence-corrected chi connectivity index (χ0v) is 18.8. The van der Waals surface area contributed by atoms with Crippen molar-refractivity contribution in [1.29, 1.82) is 0 Å². The number of nitrogens with one attached hydrogen (secondary N) is 1. The molecular weight excluding hydrogens is 400 g/mol. The Hall–Kier alpha value is -2.93. The Bertz CT molecular complexity index is 988. The van der Waals surface area contributed by atoms with Gasteiger partial charge in [-0.1, -0.05) is 30.4 Å². The molecule has 0 aliphatic heterocycles. The van der Waals surface area contributed by atoms with Crippen molar-refractivity contribution in [3.63, 3.8) is 0 Å². The van der Waals surface area contributed by atoms with Crippen LogP contribution in [0.5, 0.6) is 0 Å². The highest BCUT2D eigenvalue weighted by atomic mass is 32.2. The smallest absolute Gasteiger partial charge is 0.319 e. The first-order chi connectivity index (χ1) is 14.0. The monoisotopic (exact) mass is 430 g/mol. The molecule has 0 aromatic heterocycles. The molecule has 2 N–H and O–H groups in total. The van der Waals surface area contributed by atoms with Gasteiger partial charge in [0, 0.05) is 30.6 Å². The third kappa shape index (κ3) is 9.05. The number of carboxylic acids is 1. The van der Waals surface area contributed by atoms with Crippen LogP contribution in [0.25, 0.3) is 0 Å². The van der Waals surface area contributed by atoms with Gasteiger partial charge in [-0.05, 0) is 63.1 Å². The normalized spacial score (nSPS) is 16.2. The van der Waals surface area contributed by atoms with Crippen LogP contribution < -0.4 is 5.32 Å². The Morgan fingerprint density at radius 3 is 2.60 bits per heavy atom. The Labute approximate surface area is 179 Å². The number of aliphatic imine (C=N–C) groups is 1. The number of sulfone groups is 1. The highest BCUT2D eigenvalue weighted by molar-refractivity contribution is 7.96. The van der Waals surface area contributed by atoms with Crippen LogP contribution in [0.2, 0.25) is 0 Å². The van der Waals surface area contributed by atoms with Crippen LogP contribution in [-0.2, 0) is 14.6 Å². The van der Waals surface area contributed by atoms with Gasteiger partial charge in [-0.15, -0.1) is 0 Å². The maximum absolute atomic E-state index is 12.1. The van der Waals surface area contributed by atoms with E-state index in [0.29, 0.717) is 13.0 Å². The number of hydrogen-bond acceptors (Lipinski definition) is 5. The minimum atomic E-state index is -3.84. The third-order valence-corrected chi connectivity index (χ3v) is 5.74. The number of rotatable bonds is 10. The molecule has 1 rings (SSSR count). The average Bonchev–Trinajstić information content (AvgIpc) is 2.89. The molecule has 0 spiro atoms. The minimum Gasteiger partial charge on any atom is -0.480 e. The topological polar surface area (TPSA) is 95.8 Å². The molecule has 0 aromatic rings. The Kier molecular flexibility index (Phi) is 9.98. The summed E-state index contributed by atoms with van der Waals surface area (Å²) in [6, 6.07) is 0. The Morgan fingerprint density at radius 1 is 1.30 bits per heavy atom. The molecule has 1 aliphatic carbocycles. The lowest BCUT2D eigenvalue weighted by Gasteiger charge is -2.10. The molecule has 0 saturated carbocycles. The van der Waals surface area contributed by atoms with Crippen molar-refractivity contribution in [3.8, 4) is 0 Å². The van der Waals surface area contributed by atoms with Crippen LogP contribution in [0.3, 0.4) is 0 Å². The van der Waals surface area contributed by atoms with E-state index in [1.54, 1.807) is 18.4 Å². The van der Waals surface area contributed by atoms with E-state index < -0.39 is 21.6 Å². The van der Waals surface area contributed by atoms with Crippen LogP contribution in [-0.4, -0.2) is 38.0 Å². The van der Waals surface area contributed by atoms with E-state index in [9.17, 15) is 13.2 Å². The summed E-state index contributed by atoms with van der Waals surface area (Å²) in [5.74, 6) is -2.29. The van der Waals surface area contributed by atoms with Gasteiger partial charge in [-0.25, -0.2) is 8.42 Å². The first-order valence-electron chi connectivity index (χ1n) is 9.51. The number of aliphatic carboxylic acids is 1. The first-order valence-corrected chi connectivity index (χ1v) is 11.2. The van der Waals surface area contributed by atoms with E-state index in [2.05, 4.69) is 23.0 Å². The van der Waals surface area contributed by atoms with Crippen molar-refractivity contribution in [2.45, 2.75) is 34.1 Å². The fourth-order valence-corrected chi connectivity index (χ4v) is 3.63. The largest absolute Gasteiger partial charge is 0.480 e. The molecule has 0 amide bonds. The maximum atomic E-state index is 12.1. The second kappa shape index (κ2) is 11.9. The van der Waals surface area contributed by atoms with Gasteiger partial charge in [0.2, 0.25) is 0 Å². The fourth-order valence-electron chi connectivity index (χ4n) is 2.56. The molecule has 30 heavy (non-hydrogen) atoms. The van der Waals surface area contributed by atoms with Gasteiger partial charge >= 0.3 is 5.97 Å². The summed E-state index contributed by atoms with van der Waals surface area (Å²) in [6.07, 6.45) is 14.6. The molecular formula is C23H30N2O4S. The lowest BCUT2D eigenvalue weighted by molar-refractivity contribution is -0.134. The van der Waals surface area contributed by atoms with Crippen LogP contribution in [0.1, 0.15) is 34.1 Å². The van der Waals surface area contributed by atoms with Crippen molar-refractivity contribution in [2.24, 2.45) is 4.99 Å². The minimum absolute atomic E-state index is 0.00218. The summed E-state index contributed by atoms with van der Waals surface area (Å²) in [4.78, 5) is 14.9. The van der Waals surface area contributed by atoms with Crippen LogP contribution in [0.15, 0.2) is 87.1 Å². The summed E-state index contributed by atoms with van der Waals surface area (Å²) in [7, 11) is -3.84. The van der Waals surface area contributed by atoms with E-state index in [4.69, 9.17) is 5.11 Å². The zero-order valence-electron chi connectivity index (χ0n) is 18.0. The zero-order chi connectivity index (χ0) is 22.7. The number of carboxylic acid groups (broad SMARTS) is 1. The van der Waals surface area contributed by atoms with Crippen molar-refractivity contribution in [2.75, 3.05) is 12.3 Å². The second-order valence-electron chi connectivity index (χ2n) is 6.97. The maximum Gasteiger partial charge on any atom is 0.319 e. The van der Waals surface area contributed by atoms with Crippen LogP contribution >= 0.6 is 0 Å². The fraction of sp³-hybridized carbons (Fsp3) is 0.304. The van der Waals surface area contributed by atoms with Gasteiger partial charge in [0.25, 0.3) is 0 Å². The number of nitrogens with zero attached hydrogens (tertiary/aromatic N) is 1. The quantitative estimate of drug-likeness (QED) is 0.399. The second-order valence-corrected chi connectivity index (χ2v) is 8.96. The van der Waals surface area contributed by atoms with Gasteiger partial charge in [-0.2, -0.15) is 0 Å². The molecule has 0 heterocycles. The van der Waals surface area contributed by atoms with E-state index in [-0.39, 0.29) is 4.91 Å². The predicted octanol–water partition coefficient (Wildman–Crippen LogP) is 4.25. The van der Waals surface area contributed by atoms with Crippen molar-refractivity contribution >= 4 is 22.0 Å². The Balaban J connectivity index is 2.84. The van der Waals surface area contributed by atoms with Crippen molar-refractivity contribution in [1.82, 2.24) is 5.32 Å². The predicted molar refractivity (Wildman–Crippen MR) is 124 cm³/mol. The van der Waals surface area contributed by atoms with Gasteiger partial charge in [0.05, 0.1) is 4.91 Å². The lowest BCUT2D eigenvalue weighted by Crippen LogP contribution is -2.16. The van der Waals surface area contributed by atoms with Gasteiger partial charge in [-0.3, -0.25) is 9.79 Å². The van der Waals surface area contributed by atoms with Gasteiger partial charge in [0.1, 0.15) is 0 Å². The average molecular weight is 431 g/mol. The summed E-state index contributed by atoms with van der Waals surface area (Å²) < 4.78 is 24.1. The lowest BCUT2D eigenvalue weighted by atomic mass is 10.0. The van der Waals surface area contributed by atoms with E-state index in [1.807, 2.05) is 39.8 Å². The van der Waals surface area contributed by atoms with Crippen LogP contribution in [0.4, 0.5) is 0 Å². The standard InChI is InChI=1S/C23H30N2O4S/c1-6-20(19(5)12-13-24-17(2)3)14-18(4)15-25-21-8-7-9-22(11-10-21)30(28,29)16-23(26)27/h6-7,9-14,25H,2,8,15-16H2,1,3-5H3,(H,26,27)/b18-14+,19-12+,20-6+,24-13?. The molecule has 0 unspecified atom stereocenters. The number of hydrogen-bond donors (Lipinski definition) is 2. The van der Waals surface area contributed by atoms with Crippen molar-refractivity contribution < 1.29 is 18.3 Å². The molecule has 0 atom stereocenters.